The van der Waals surface area contributed by atoms with Crippen LogP contribution < -0.4 is 0 Å². The summed E-state index contributed by atoms with van der Waals surface area (Å²) in [6.45, 7) is 0.337. The van der Waals surface area contributed by atoms with Crippen molar-refractivity contribution in [3.8, 4) is 0 Å². The molecule has 0 radical (unpaired) electrons. The van der Waals surface area contributed by atoms with E-state index in [0.717, 1.165) is 16.5 Å². The summed E-state index contributed by atoms with van der Waals surface area (Å²) < 4.78 is 21.6. The maximum Gasteiger partial charge on any atom is 0.283 e. The van der Waals surface area contributed by atoms with Crippen molar-refractivity contribution in [2.24, 2.45) is 10.1 Å². The minimum Gasteiger partial charge on any atom is -0.462 e. The van der Waals surface area contributed by atoms with Gasteiger partial charge in [0.2, 0.25) is 5.17 Å². The maximum atomic E-state index is 14.3. The Bertz CT molecular complexity index is 1570. The minimum atomic E-state index is -0.509. The molecule has 1 amide bonds. The van der Waals surface area contributed by atoms with Crippen LogP contribution >= 0.6 is 11.8 Å². The van der Waals surface area contributed by atoms with Crippen LogP contribution in [-0.4, -0.2) is 31.5 Å². The number of furan rings is 1. The van der Waals surface area contributed by atoms with E-state index in [9.17, 15) is 9.18 Å². The van der Waals surface area contributed by atoms with Gasteiger partial charge in [-0.1, -0.05) is 36.4 Å². The normalized spacial score (nSPS) is 16.9. The molecular weight excluding hydrogens is 453 g/mol. The number of amidine groups is 2. The first-order valence-electron chi connectivity index (χ1n) is 10.4. The van der Waals surface area contributed by atoms with Gasteiger partial charge in [0.15, 0.2) is 16.6 Å². The van der Waals surface area contributed by atoms with E-state index in [1.807, 2.05) is 35.0 Å². The number of amides is 1. The van der Waals surface area contributed by atoms with Crippen LogP contribution in [-0.2, 0) is 11.3 Å². The molecule has 166 valence electrons. The molecule has 2 aromatic heterocycles. The third-order valence-electron chi connectivity index (χ3n) is 5.60. The predicted molar refractivity (Wildman–Crippen MR) is 130 cm³/mol. The topological polar surface area (TPSA) is 86.9 Å². The van der Waals surface area contributed by atoms with Gasteiger partial charge in [0.1, 0.15) is 5.82 Å². The Kier molecular flexibility index (Phi) is 4.77. The molecule has 4 heterocycles. The van der Waals surface area contributed by atoms with Crippen LogP contribution in [0.4, 0.5) is 4.39 Å². The monoisotopic (exact) mass is 469 g/mol. The number of hydrazone groups is 1. The fourth-order valence-corrected chi connectivity index (χ4v) is 4.84. The maximum absolute atomic E-state index is 14.3. The van der Waals surface area contributed by atoms with Crippen molar-refractivity contribution in [1.82, 2.24) is 9.58 Å². The average Bonchev–Trinajstić information content (AvgIpc) is 3.58. The number of nitrogens with one attached hydrogen (secondary N) is 1. The van der Waals surface area contributed by atoms with E-state index in [1.54, 1.807) is 36.4 Å². The van der Waals surface area contributed by atoms with E-state index in [1.165, 1.54) is 29.1 Å². The minimum absolute atomic E-state index is 0.0602. The zero-order valence-corrected chi connectivity index (χ0v) is 18.4. The van der Waals surface area contributed by atoms with Gasteiger partial charge in [0.05, 0.1) is 18.4 Å². The van der Waals surface area contributed by atoms with E-state index >= 15 is 0 Å². The van der Waals surface area contributed by atoms with Gasteiger partial charge in [0.25, 0.3) is 5.91 Å². The molecule has 34 heavy (non-hydrogen) atoms. The molecule has 0 atom stereocenters. The number of carbonyl (C=O) groups is 1. The summed E-state index contributed by atoms with van der Waals surface area (Å²) in [5.74, 6) is -0.298. The van der Waals surface area contributed by atoms with Crippen LogP contribution in [0.15, 0.2) is 93.2 Å². The Hall–Kier alpha value is -4.24. The van der Waals surface area contributed by atoms with Gasteiger partial charge in [-0.25, -0.2) is 4.39 Å². The summed E-state index contributed by atoms with van der Waals surface area (Å²) in [5, 5.41) is 16.1. The quantitative estimate of drug-likeness (QED) is 0.422. The lowest BCUT2D eigenvalue weighted by molar-refractivity contribution is -0.114. The number of aliphatic imine (C=N–C) groups is 1. The molecule has 1 N–H and O–H groups in total. The second kappa shape index (κ2) is 7.96. The summed E-state index contributed by atoms with van der Waals surface area (Å²) in [4.78, 5) is 17.0. The zero-order valence-electron chi connectivity index (χ0n) is 17.6. The molecule has 2 aliphatic rings. The highest BCUT2D eigenvalue weighted by Gasteiger charge is 2.36. The number of nitrogens with zero attached hydrogens (tertiary/aromatic N) is 4. The van der Waals surface area contributed by atoms with E-state index < -0.39 is 5.91 Å². The highest BCUT2D eigenvalue weighted by molar-refractivity contribution is 8.27. The largest absolute Gasteiger partial charge is 0.462 e. The van der Waals surface area contributed by atoms with Crippen molar-refractivity contribution in [3.05, 3.63) is 101 Å². The van der Waals surface area contributed by atoms with Gasteiger partial charge in [-0.3, -0.25) is 10.2 Å². The Morgan fingerprint density at radius 1 is 1.09 bits per heavy atom. The van der Waals surface area contributed by atoms with Gasteiger partial charge < -0.3 is 8.98 Å². The SMILES string of the molecule is N=C1/C(=C/c2cn(Cc3ccccc3F)c3ccccc23)C(=O)N=C2SC(c3ccco3)=NN12. The number of para-hydroxylation sites is 1. The number of halogens is 1. The van der Waals surface area contributed by atoms with Crippen LogP contribution in [0.3, 0.4) is 0 Å². The molecule has 2 aliphatic heterocycles. The zero-order chi connectivity index (χ0) is 23.2. The van der Waals surface area contributed by atoms with Gasteiger partial charge in [-0.05, 0) is 42.1 Å². The Labute approximate surface area is 197 Å². The number of fused-ring (bicyclic) bond motifs is 2. The third kappa shape index (κ3) is 3.37. The molecule has 9 heteroatoms. The highest BCUT2D eigenvalue weighted by atomic mass is 32.2. The number of carbonyl (C=O) groups excluding carboxylic acids is 1. The van der Waals surface area contributed by atoms with Crippen LogP contribution in [0, 0.1) is 11.2 Å². The van der Waals surface area contributed by atoms with Crippen molar-refractivity contribution >= 4 is 50.7 Å². The molecule has 0 bridgehead atoms. The molecule has 0 unspecified atom stereocenters. The molecule has 0 aliphatic carbocycles. The Morgan fingerprint density at radius 3 is 2.74 bits per heavy atom. The summed E-state index contributed by atoms with van der Waals surface area (Å²) in [6, 6.07) is 17.8. The number of benzene rings is 2. The lowest BCUT2D eigenvalue weighted by Crippen LogP contribution is -2.35. The molecule has 0 saturated heterocycles. The Morgan fingerprint density at radius 2 is 1.91 bits per heavy atom. The highest BCUT2D eigenvalue weighted by Crippen LogP contribution is 2.32. The van der Waals surface area contributed by atoms with E-state index in [-0.39, 0.29) is 17.2 Å². The van der Waals surface area contributed by atoms with E-state index in [4.69, 9.17) is 9.83 Å². The van der Waals surface area contributed by atoms with Crippen LogP contribution in [0.2, 0.25) is 0 Å². The standard InChI is InChI=1S/C25H16FN5O2S/c26-19-8-3-1-6-15(19)13-30-14-16(17-7-2-4-9-20(17)30)12-18-22(27)31-25(28-23(18)32)34-24(29-31)21-10-5-11-33-21/h1-12,14,27H,13H2/b18-12-,27-22?. The number of aromatic nitrogens is 1. The van der Waals surface area contributed by atoms with Crippen molar-refractivity contribution in [2.45, 2.75) is 6.54 Å². The van der Waals surface area contributed by atoms with Gasteiger partial charge in [-0.15, -0.1) is 0 Å². The molecule has 0 saturated carbocycles. The van der Waals surface area contributed by atoms with Crippen LogP contribution in [0.5, 0.6) is 0 Å². The molecule has 7 nitrogen and oxygen atoms in total. The van der Waals surface area contributed by atoms with Gasteiger partial charge >= 0.3 is 0 Å². The molecule has 2 aromatic carbocycles. The van der Waals surface area contributed by atoms with E-state index in [2.05, 4.69) is 10.1 Å². The number of hydrogen-bond donors (Lipinski definition) is 1. The lowest BCUT2D eigenvalue weighted by atomic mass is 10.1. The summed E-state index contributed by atoms with van der Waals surface area (Å²) >= 11 is 1.18. The average molecular weight is 470 g/mol. The third-order valence-corrected chi connectivity index (χ3v) is 6.53. The molecular formula is C25H16FN5O2S. The molecule has 4 aromatic rings. The second-order valence-electron chi connectivity index (χ2n) is 7.72. The lowest BCUT2D eigenvalue weighted by Gasteiger charge is -2.20. The van der Waals surface area contributed by atoms with Crippen molar-refractivity contribution in [1.29, 1.82) is 5.41 Å². The van der Waals surface area contributed by atoms with Crippen molar-refractivity contribution in [2.75, 3.05) is 0 Å². The Balaban J connectivity index is 1.40. The summed E-state index contributed by atoms with van der Waals surface area (Å²) in [5.41, 5.74) is 2.32. The molecule has 0 spiro atoms. The van der Waals surface area contributed by atoms with Crippen molar-refractivity contribution < 1.29 is 13.6 Å². The number of rotatable bonds is 4. The van der Waals surface area contributed by atoms with Gasteiger partial charge in [0, 0.05) is 28.2 Å². The van der Waals surface area contributed by atoms with Gasteiger partial charge in [-0.2, -0.15) is 15.1 Å². The summed E-state index contributed by atoms with van der Waals surface area (Å²) in [7, 11) is 0. The fraction of sp³-hybridized carbons (Fsp3) is 0.0400. The first-order chi connectivity index (χ1) is 16.6. The van der Waals surface area contributed by atoms with Crippen LogP contribution in [0.1, 0.15) is 16.9 Å². The second-order valence-corrected chi connectivity index (χ2v) is 8.68. The van der Waals surface area contributed by atoms with E-state index in [0.29, 0.717) is 28.1 Å². The molecule has 0 fully saturated rings. The number of hydrogen-bond acceptors (Lipinski definition) is 5. The smallest absolute Gasteiger partial charge is 0.283 e. The summed E-state index contributed by atoms with van der Waals surface area (Å²) in [6.07, 6.45) is 5.05. The fourth-order valence-electron chi connectivity index (χ4n) is 3.98. The number of thioether (sulfide) groups is 1. The first-order valence-corrected chi connectivity index (χ1v) is 11.3. The predicted octanol–water partition coefficient (Wildman–Crippen LogP) is 5.09. The molecule has 6 rings (SSSR count). The van der Waals surface area contributed by atoms with Crippen LogP contribution in [0.25, 0.3) is 17.0 Å². The van der Waals surface area contributed by atoms with Crippen molar-refractivity contribution in [3.63, 3.8) is 0 Å². The first kappa shape index (κ1) is 20.4.